The van der Waals surface area contributed by atoms with Crippen molar-refractivity contribution in [3.8, 4) is 0 Å². The van der Waals surface area contributed by atoms with E-state index in [1.54, 1.807) is 0 Å². The van der Waals surface area contributed by atoms with Gasteiger partial charge < -0.3 is 10.2 Å². The number of fused-ring (bicyclic) bond motifs is 5. The molecule has 0 aromatic heterocycles. The summed E-state index contributed by atoms with van der Waals surface area (Å²) < 4.78 is 16.7. The maximum atomic E-state index is 16.7. The SMILES string of the molecule is C[C@]12CCC(=O)C[C@H]1CC[C@H]1[C@@H]3CC[C@@](C)(O)[C@@]3(C)C[C@H](O)C12F. The summed E-state index contributed by atoms with van der Waals surface area (Å²) in [5, 5.41) is 21.9. The lowest BCUT2D eigenvalue weighted by molar-refractivity contribution is -0.254. The molecule has 4 aliphatic carbocycles. The van der Waals surface area contributed by atoms with E-state index >= 15 is 4.39 Å². The van der Waals surface area contributed by atoms with Gasteiger partial charge in [-0.05, 0) is 63.2 Å². The first-order chi connectivity index (χ1) is 11.1. The maximum Gasteiger partial charge on any atom is 0.145 e. The number of rotatable bonds is 0. The molecule has 4 heteroatoms. The Hall–Kier alpha value is -0.480. The van der Waals surface area contributed by atoms with Crippen LogP contribution in [0, 0.1) is 28.6 Å². The van der Waals surface area contributed by atoms with Crippen LogP contribution >= 0.6 is 0 Å². The first-order valence-corrected chi connectivity index (χ1v) is 9.67. The fraction of sp³-hybridized carbons (Fsp3) is 0.950. The molecule has 4 fully saturated rings. The monoisotopic (exact) mass is 338 g/mol. The molecule has 4 saturated carbocycles. The van der Waals surface area contributed by atoms with Crippen LogP contribution in [0.2, 0.25) is 0 Å². The van der Waals surface area contributed by atoms with Crippen LogP contribution in [0.4, 0.5) is 4.39 Å². The molecule has 8 atom stereocenters. The second-order valence-corrected chi connectivity index (χ2v) is 9.87. The van der Waals surface area contributed by atoms with Gasteiger partial charge in [-0.15, -0.1) is 0 Å². The fourth-order valence-corrected chi connectivity index (χ4v) is 7.27. The van der Waals surface area contributed by atoms with Crippen molar-refractivity contribution in [2.45, 2.75) is 89.5 Å². The van der Waals surface area contributed by atoms with Crippen molar-refractivity contribution in [1.82, 2.24) is 0 Å². The molecular formula is C20H31FO3. The largest absolute Gasteiger partial charge is 0.390 e. The minimum atomic E-state index is -1.62. The quantitative estimate of drug-likeness (QED) is 0.711. The van der Waals surface area contributed by atoms with Gasteiger partial charge in [0.1, 0.15) is 11.5 Å². The Morgan fingerprint density at radius 1 is 1.04 bits per heavy atom. The van der Waals surface area contributed by atoms with Crippen molar-refractivity contribution in [1.29, 1.82) is 0 Å². The van der Waals surface area contributed by atoms with Gasteiger partial charge in [-0.25, -0.2) is 4.39 Å². The fourth-order valence-electron chi connectivity index (χ4n) is 7.27. The summed E-state index contributed by atoms with van der Waals surface area (Å²) in [6, 6.07) is 0. The predicted molar refractivity (Wildman–Crippen MR) is 89.1 cm³/mol. The second-order valence-electron chi connectivity index (χ2n) is 9.87. The highest BCUT2D eigenvalue weighted by atomic mass is 19.1. The predicted octanol–water partition coefficient (Wildman–Crippen LogP) is 3.41. The van der Waals surface area contributed by atoms with Gasteiger partial charge in [-0.2, -0.15) is 0 Å². The first-order valence-electron chi connectivity index (χ1n) is 9.67. The molecule has 0 heterocycles. The van der Waals surface area contributed by atoms with E-state index in [9.17, 15) is 15.0 Å². The Labute approximate surface area is 144 Å². The highest BCUT2D eigenvalue weighted by Gasteiger charge is 2.73. The van der Waals surface area contributed by atoms with Gasteiger partial charge in [-0.1, -0.05) is 13.8 Å². The van der Waals surface area contributed by atoms with E-state index in [1.807, 2.05) is 20.8 Å². The zero-order valence-electron chi connectivity index (χ0n) is 15.1. The van der Waals surface area contributed by atoms with E-state index in [1.165, 1.54) is 0 Å². The van der Waals surface area contributed by atoms with E-state index in [0.29, 0.717) is 32.1 Å². The van der Waals surface area contributed by atoms with Crippen molar-refractivity contribution >= 4 is 5.78 Å². The summed E-state index contributed by atoms with van der Waals surface area (Å²) in [6.07, 6.45) is 3.89. The minimum absolute atomic E-state index is 0.0564. The minimum Gasteiger partial charge on any atom is -0.390 e. The molecule has 0 spiro atoms. The van der Waals surface area contributed by atoms with Crippen LogP contribution in [-0.4, -0.2) is 33.4 Å². The second kappa shape index (κ2) is 4.82. The Bertz CT molecular complexity index is 575. The standard InChI is InChI=1S/C20H31FO3/c1-17-8-6-13(22)10-12(17)4-5-15-14-7-9-19(3,24)18(14,2)11-16(23)20(15,17)21/h12,14-16,23-24H,4-11H2,1-3H3/t12-,14+,15+,16+,17+,18+,19-,20?/m1/s1. The van der Waals surface area contributed by atoms with Gasteiger partial charge in [0.15, 0.2) is 0 Å². The molecule has 4 aliphatic rings. The highest BCUT2D eigenvalue weighted by molar-refractivity contribution is 5.79. The molecule has 2 N–H and O–H groups in total. The molecule has 136 valence electrons. The van der Waals surface area contributed by atoms with Crippen LogP contribution in [0.15, 0.2) is 0 Å². The smallest absolute Gasteiger partial charge is 0.145 e. The molecule has 0 saturated heterocycles. The van der Waals surface area contributed by atoms with Crippen LogP contribution in [0.5, 0.6) is 0 Å². The Kier molecular flexibility index (Phi) is 3.41. The molecule has 0 bridgehead atoms. The molecule has 3 nitrogen and oxygen atoms in total. The third kappa shape index (κ3) is 1.77. The molecule has 4 rings (SSSR count). The van der Waals surface area contributed by atoms with Crippen molar-refractivity contribution < 1.29 is 19.4 Å². The van der Waals surface area contributed by atoms with Crippen molar-refractivity contribution in [3.05, 3.63) is 0 Å². The highest BCUT2D eigenvalue weighted by Crippen LogP contribution is 2.70. The van der Waals surface area contributed by atoms with Crippen LogP contribution in [0.1, 0.15) is 72.1 Å². The number of Topliss-reactive ketones (excluding diaryl/α,β-unsaturated/α-hetero) is 1. The van der Waals surface area contributed by atoms with Gasteiger partial charge in [-0.3, -0.25) is 4.79 Å². The van der Waals surface area contributed by atoms with Gasteiger partial charge >= 0.3 is 0 Å². The molecule has 0 aliphatic heterocycles. The van der Waals surface area contributed by atoms with Crippen LogP contribution < -0.4 is 0 Å². The van der Waals surface area contributed by atoms with Gasteiger partial charge in [0.2, 0.25) is 0 Å². The molecule has 1 unspecified atom stereocenters. The van der Waals surface area contributed by atoms with Crippen molar-refractivity contribution in [2.24, 2.45) is 28.6 Å². The summed E-state index contributed by atoms with van der Waals surface area (Å²) in [4.78, 5) is 11.9. The number of alkyl halides is 1. The normalized spacial score (nSPS) is 60.3. The molecule has 0 amide bonds. The van der Waals surface area contributed by atoms with Crippen molar-refractivity contribution in [2.75, 3.05) is 0 Å². The number of aliphatic hydroxyl groups excluding tert-OH is 1. The molecule has 24 heavy (non-hydrogen) atoms. The molecule has 0 radical (unpaired) electrons. The number of aliphatic hydroxyl groups is 2. The zero-order chi connectivity index (χ0) is 17.5. The van der Waals surface area contributed by atoms with E-state index in [-0.39, 0.29) is 23.5 Å². The van der Waals surface area contributed by atoms with E-state index < -0.39 is 28.2 Å². The van der Waals surface area contributed by atoms with Crippen molar-refractivity contribution in [3.63, 3.8) is 0 Å². The maximum absolute atomic E-state index is 16.7. The lowest BCUT2D eigenvalue weighted by Gasteiger charge is -2.65. The lowest BCUT2D eigenvalue weighted by Crippen LogP contribution is -2.70. The summed E-state index contributed by atoms with van der Waals surface area (Å²) in [5.41, 5.74) is -3.49. The first kappa shape index (κ1) is 17.0. The third-order valence-electron chi connectivity index (χ3n) is 9.12. The Morgan fingerprint density at radius 2 is 1.75 bits per heavy atom. The lowest BCUT2D eigenvalue weighted by atomic mass is 9.42. The number of carbonyl (C=O) groups excluding carboxylic acids is 1. The van der Waals surface area contributed by atoms with Gasteiger partial charge in [0.25, 0.3) is 0 Å². The van der Waals surface area contributed by atoms with E-state index in [2.05, 4.69) is 0 Å². The number of hydrogen-bond donors (Lipinski definition) is 2. The summed E-state index contributed by atoms with van der Waals surface area (Å²) >= 11 is 0. The number of hydrogen-bond acceptors (Lipinski definition) is 3. The Morgan fingerprint density at radius 3 is 2.46 bits per heavy atom. The van der Waals surface area contributed by atoms with E-state index in [0.717, 1.165) is 19.3 Å². The number of halogens is 1. The van der Waals surface area contributed by atoms with Crippen LogP contribution in [0.3, 0.4) is 0 Å². The molecule has 0 aromatic rings. The zero-order valence-corrected chi connectivity index (χ0v) is 15.1. The van der Waals surface area contributed by atoms with Gasteiger partial charge in [0.05, 0.1) is 11.7 Å². The Balaban J connectivity index is 1.77. The van der Waals surface area contributed by atoms with E-state index in [4.69, 9.17) is 0 Å². The summed E-state index contributed by atoms with van der Waals surface area (Å²) in [7, 11) is 0. The number of ketones is 1. The average Bonchev–Trinajstić information content (AvgIpc) is 2.72. The topological polar surface area (TPSA) is 57.5 Å². The van der Waals surface area contributed by atoms with Gasteiger partial charge in [0, 0.05) is 23.7 Å². The summed E-state index contributed by atoms with van der Waals surface area (Å²) in [5.74, 6) is 0.227. The summed E-state index contributed by atoms with van der Waals surface area (Å²) in [6.45, 7) is 5.89. The van der Waals surface area contributed by atoms with Crippen LogP contribution in [0.25, 0.3) is 0 Å². The third-order valence-corrected chi connectivity index (χ3v) is 9.12. The average molecular weight is 338 g/mol. The molecular weight excluding hydrogens is 307 g/mol. The number of carbonyl (C=O) groups is 1. The van der Waals surface area contributed by atoms with Crippen LogP contribution in [-0.2, 0) is 4.79 Å². The molecule has 0 aromatic carbocycles.